The average Bonchev–Trinajstić information content (AvgIpc) is 2.60. The van der Waals surface area contributed by atoms with E-state index in [9.17, 15) is 9.90 Å². The van der Waals surface area contributed by atoms with E-state index < -0.39 is 11.6 Å². The van der Waals surface area contributed by atoms with Crippen LogP contribution in [-0.2, 0) is 22.5 Å². The molecule has 2 aliphatic heterocycles. The fraction of sp³-hybridized carbons (Fsp3) is 0.650. The first-order valence-electron chi connectivity index (χ1n) is 9.29. The van der Waals surface area contributed by atoms with Gasteiger partial charge in [0.15, 0.2) is 0 Å². The highest BCUT2D eigenvalue weighted by atomic mass is 16.5. The molecule has 2 N–H and O–H groups in total. The number of aliphatic hydroxyl groups is 1. The first kappa shape index (κ1) is 18.4. The Morgan fingerprint density at radius 2 is 1.88 bits per heavy atom. The zero-order valence-electron chi connectivity index (χ0n) is 15.0. The third-order valence-corrected chi connectivity index (χ3v) is 5.93. The number of aliphatic carboxylic acids is 1. The number of carboxylic acids is 1. The molecule has 2 heterocycles. The third-order valence-electron chi connectivity index (χ3n) is 5.93. The van der Waals surface area contributed by atoms with Crippen LogP contribution < -0.4 is 0 Å². The van der Waals surface area contributed by atoms with Gasteiger partial charge >= 0.3 is 5.97 Å². The van der Waals surface area contributed by atoms with Crippen LogP contribution in [0, 0.1) is 11.8 Å². The molecule has 5 nitrogen and oxygen atoms in total. The second-order valence-corrected chi connectivity index (χ2v) is 7.65. The molecule has 2 saturated heterocycles. The fourth-order valence-corrected chi connectivity index (χ4v) is 4.36. The quantitative estimate of drug-likeness (QED) is 0.855. The standard InChI is InChI=1S/C20H29NO4/c1-15-13-21(9-8-20(15,24)18-6-10-25-11-7-18)14-17-4-2-16(3-5-17)12-19(22)23/h2-5,15,18,24H,6-14H2,1H3,(H,22,23)/t15-,20+/m1/s1. The Hall–Kier alpha value is -1.43. The molecular weight excluding hydrogens is 318 g/mol. The summed E-state index contributed by atoms with van der Waals surface area (Å²) in [6.45, 7) is 6.34. The van der Waals surface area contributed by atoms with Gasteiger partial charge in [0, 0.05) is 32.8 Å². The van der Waals surface area contributed by atoms with E-state index in [2.05, 4.69) is 11.8 Å². The minimum atomic E-state index is -0.801. The number of hydrogen-bond donors (Lipinski definition) is 2. The zero-order valence-corrected chi connectivity index (χ0v) is 15.0. The number of rotatable bonds is 5. The van der Waals surface area contributed by atoms with E-state index in [1.807, 2.05) is 24.3 Å². The van der Waals surface area contributed by atoms with Crippen LogP contribution in [0.25, 0.3) is 0 Å². The summed E-state index contributed by atoms with van der Waals surface area (Å²) in [5, 5.41) is 20.1. The molecule has 0 spiro atoms. The van der Waals surface area contributed by atoms with E-state index in [1.165, 1.54) is 5.56 Å². The number of likely N-dealkylation sites (tertiary alicyclic amines) is 1. The third kappa shape index (κ3) is 4.40. The van der Waals surface area contributed by atoms with Gasteiger partial charge in [-0.25, -0.2) is 0 Å². The van der Waals surface area contributed by atoms with Gasteiger partial charge in [-0.3, -0.25) is 9.69 Å². The summed E-state index contributed by atoms with van der Waals surface area (Å²) < 4.78 is 5.45. The number of hydrogen-bond acceptors (Lipinski definition) is 4. The highest BCUT2D eigenvalue weighted by Gasteiger charge is 2.45. The van der Waals surface area contributed by atoms with Gasteiger partial charge in [-0.05, 0) is 42.2 Å². The van der Waals surface area contributed by atoms with Crippen LogP contribution in [-0.4, -0.2) is 53.0 Å². The molecule has 0 amide bonds. The van der Waals surface area contributed by atoms with Crippen molar-refractivity contribution >= 4 is 5.97 Å². The van der Waals surface area contributed by atoms with E-state index >= 15 is 0 Å². The van der Waals surface area contributed by atoms with Crippen LogP contribution in [0.4, 0.5) is 0 Å². The molecular formula is C20H29NO4. The van der Waals surface area contributed by atoms with Crippen molar-refractivity contribution in [2.45, 2.75) is 44.8 Å². The van der Waals surface area contributed by atoms with Crippen molar-refractivity contribution in [3.8, 4) is 0 Å². The number of carboxylic acid groups (broad SMARTS) is 1. The molecule has 1 aromatic carbocycles. The predicted octanol–water partition coefficient (Wildman–Crippen LogP) is 2.31. The summed E-state index contributed by atoms with van der Waals surface area (Å²) in [6.07, 6.45) is 2.81. The monoisotopic (exact) mass is 347 g/mol. The highest BCUT2D eigenvalue weighted by Crippen LogP contribution is 2.39. The lowest BCUT2D eigenvalue weighted by Gasteiger charge is -2.48. The Balaban J connectivity index is 1.56. The topological polar surface area (TPSA) is 70.0 Å². The SMILES string of the molecule is C[C@@H]1CN(Cc2ccc(CC(=O)O)cc2)CC[C@@]1(O)C1CCOCC1. The van der Waals surface area contributed by atoms with Gasteiger partial charge in [-0.1, -0.05) is 31.2 Å². The van der Waals surface area contributed by atoms with Crippen molar-refractivity contribution in [3.05, 3.63) is 35.4 Å². The van der Waals surface area contributed by atoms with Gasteiger partial charge < -0.3 is 14.9 Å². The van der Waals surface area contributed by atoms with Gasteiger partial charge in [-0.2, -0.15) is 0 Å². The molecule has 0 unspecified atom stereocenters. The van der Waals surface area contributed by atoms with Gasteiger partial charge in [0.25, 0.3) is 0 Å². The number of piperidine rings is 1. The Kier molecular flexibility index (Phi) is 5.77. The molecule has 0 radical (unpaired) electrons. The van der Waals surface area contributed by atoms with Gasteiger partial charge in [0.2, 0.25) is 0 Å². The molecule has 0 aliphatic carbocycles. The van der Waals surface area contributed by atoms with Crippen LogP contribution in [0.3, 0.4) is 0 Å². The smallest absolute Gasteiger partial charge is 0.307 e. The minimum Gasteiger partial charge on any atom is -0.481 e. The minimum absolute atomic E-state index is 0.0686. The molecule has 25 heavy (non-hydrogen) atoms. The van der Waals surface area contributed by atoms with Crippen molar-refractivity contribution in [1.82, 2.24) is 4.90 Å². The summed E-state index contributed by atoms with van der Waals surface area (Å²) in [7, 11) is 0. The van der Waals surface area contributed by atoms with Crippen LogP contribution in [0.1, 0.15) is 37.3 Å². The van der Waals surface area contributed by atoms with Crippen molar-refractivity contribution in [2.24, 2.45) is 11.8 Å². The number of nitrogens with zero attached hydrogens (tertiary/aromatic N) is 1. The molecule has 2 fully saturated rings. The van der Waals surface area contributed by atoms with E-state index in [0.717, 1.165) is 57.7 Å². The number of benzene rings is 1. The van der Waals surface area contributed by atoms with Crippen LogP contribution in [0.2, 0.25) is 0 Å². The Morgan fingerprint density at radius 3 is 2.48 bits per heavy atom. The van der Waals surface area contributed by atoms with Crippen LogP contribution in [0.5, 0.6) is 0 Å². The molecule has 138 valence electrons. The van der Waals surface area contributed by atoms with Crippen LogP contribution >= 0.6 is 0 Å². The fourth-order valence-electron chi connectivity index (χ4n) is 4.36. The number of ether oxygens (including phenoxy) is 1. The van der Waals surface area contributed by atoms with Crippen molar-refractivity contribution in [2.75, 3.05) is 26.3 Å². The second kappa shape index (κ2) is 7.85. The maximum atomic E-state index is 11.2. The molecule has 2 aliphatic rings. The molecule has 1 aromatic rings. The molecule has 2 atom stereocenters. The first-order chi connectivity index (χ1) is 12.0. The van der Waals surface area contributed by atoms with Gasteiger partial charge in [0.1, 0.15) is 0 Å². The van der Waals surface area contributed by atoms with Gasteiger partial charge in [0.05, 0.1) is 12.0 Å². The normalized spacial score (nSPS) is 28.8. The van der Waals surface area contributed by atoms with E-state index in [0.29, 0.717) is 5.92 Å². The summed E-state index contributed by atoms with van der Waals surface area (Å²) >= 11 is 0. The van der Waals surface area contributed by atoms with Crippen molar-refractivity contribution in [3.63, 3.8) is 0 Å². The van der Waals surface area contributed by atoms with Crippen molar-refractivity contribution < 1.29 is 19.7 Å². The Bertz CT molecular complexity index is 582. The molecule has 5 heteroatoms. The van der Waals surface area contributed by atoms with Crippen molar-refractivity contribution in [1.29, 1.82) is 0 Å². The largest absolute Gasteiger partial charge is 0.481 e. The highest BCUT2D eigenvalue weighted by molar-refractivity contribution is 5.70. The lowest BCUT2D eigenvalue weighted by atomic mass is 9.70. The summed E-state index contributed by atoms with van der Waals surface area (Å²) in [4.78, 5) is 13.2. The van der Waals surface area contributed by atoms with E-state index in [4.69, 9.17) is 9.84 Å². The average molecular weight is 347 g/mol. The maximum Gasteiger partial charge on any atom is 0.307 e. The summed E-state index contributed by atoms with van der Waals surface area (Å²) in [6, 6.07) is 7.83. The van der Waals surface area contributed by atoms with Crippen LogP contribution in [0.15, 0.2) is 24.3 Å². The Morgan fingerprint density at radius 1 is 1.24 bits per heavy atom. The first-order valence-corrected chi connectivity index (χ1v) is 9.29. The van der Waals surface area contributed by atoms with Gasteiger partial charge in [-0.15, -0.1) is 0 Å². The maximum absolute atomic E-state index is 11.2. The Labute approximate surface area is 149 Å². The van der Waals surface area contributed by atoms with E-state index in [-0.39, 0.29) is 12.3 Å². The molecule has 3 rings (SSSR count). The van der Waals surface area contributed by atoms with E-state index in [1.54, 1.807) is 0 Å². The molecule has 0 saturated carbocycles. The lowest BCUT2D eigenvalue weighted by Crippen LogP contribution is -2.55. The summed E-state index contributed by atoms with van der Waals surface area (Å²) in [5.74, 6) is -0.200. The summed E-state index contributed by atoms with van der Waals surface area (Å²) in [5.41, 5.74) is 1.46. The number of carbonyl (C=O) groups is 1. The molecule has 0 bridgehead atoms. The molecule has 0 aromatic heterocycles. The zero-order chi connectivity index (χ0) is 17.9. The lowest BCUT2D eigenvalue weighted by molar-refractivity contribution is -0.136. The predicted molar refractivity (Wildman–Crippen MR) is 95.3 cm³/mol. The second-order valence-electron chi connectivity index (χ2n) is 7.65.